The SMILES string of the molecule is CCCNC(=O)CN(C)C(=O)CNCCCC(=O)OCC. The Bertz CT molecular complexity index is 334. The van der Waals surface area contributed by atoms with Crippen LogP contribution in [0.2, 0.25) is 0 Å². The molecule has 0 spiro atoms. The monoisotopic (exact) mass is 301 g/mol. The highest BCUT2D eigenvalue weighted by atomic mass is 16.5. The third kappa shape index (κ3) is 10.8. The van der Waals surface area contributed by atoms with E-state index in [1.54, 1.807) is 14.0 Å². The molecule has 0 atom stereocenters. The number of carbonyl (C=O) groups is 3. The van der Waals surface area contributed by atoms with E-state index in [9.17, 15) is 14.4 Å². The third-order valence-electron chi connectivity index (χ3n) is 2.69. The van der Waals surface area contributed by atoms with Gasteiger partial charge in [-0.05, 0) is 26.3 Å². The Balaban J connectivity index is 3.68. The lowest BCUT2D eigenvalue weighted by atomic mass is 10.3. The minimum Gasteiger partial charge on any atom is -0.466 e. The van der Waals surface area contributed by atoms with Gasteiger partial charge in [-0.25, -0.2) is 0 Å². The van der Waals surface area contributed by atoms with E-state index < -0.39 is 0 Å². The van der Waals surface area contributed by atoms with Gasteiger partial charge in [-0.1, -0.05) is 6.92 Å². The molecule has 0 aromatic carbocycles. The maximum Gasteiger partial charge on any atom is 0.305 e. The molecule has 0 aliphatic rings. The summed E-state index contributed by atoms with van der Waals surface area (Å²) in [6.45, 7) is 5.50. The van der Waals surface area contributed by atoms with Gasteiger partial charge in [0.1, 0.15) is 0 Å². The second-order valence-electron chi connectivity index (χ2n) is 4.69. The summed E-state index contributed by atoms with van der Waals surface area (Å²) >= 11 is 0. The van der Waals surface area contributed by atoms with Crippen molar-refractivity contribution in [2.24, 2.45) is 0 Å². The third-order valence-corrected chi connectivity index (χ3v) is 2.69. The van der Waals surface area contributed by atoms with Gasteiger partial charge in [0.25, 0.3) is 0 Å². The number of carbonyl (C=O) groups excluding carboxylic acids is 3. The van der Waals surface area contributed by atoms with Crippen LogP contribution in [0.25, 0.3) is 0 Å². The van der Waals surface area contributed by atoms with Crippen molar-refractivity contribution in [1.29, 1.82) is 0 Å². The number of nitrogens with zero attached hydrogens (tertiary/aromatic N) is 1. The van der Waals surface area contributed by atoms with E-state index in [1.165, 1.54) is 4.90 Å². The van der Waals surface area contributed by atoms with Gasteiger partial charge in [0.05, 0.1) is 19.7 Å². The Morgan fingerprint density at radius 3 is 2.48 bits per heavy atom. The fraction of sp³-hybridized carbons (Fsp3) is 0.786. The molecule has 0 fully saturated rings. The zero-order valence-electron chi connectivity index (χ0n) is 13.2. The highest BCUT2D eigenvalue weighted by Crippen LogP contribution is 1.91. The zero-order chi connectivity index (χ0) is 16.1. The zero-order valence-corrected chi connectivity index (χ0v) is 13.2. The van der Waals surface area contributed by atoms with Crippen molar-refractivity contribution in [2.75, 3.05) is 39.8 Å². The lowest BCUT2D eigenvalue weighted by Crippen LogP contribution is -2.42. The summed E-state index contributed by atoms with van der Waals surface area (Å²) in [7, 11) is 1.59. The topological polar surface area (TPSA) is 87.7 Å². The van der Waals surface area contributed by atoms with Crippen LogP contribution in [0.3, 0.4) is 0 Å². The van der Waals surface area contributed by atoms with Gasteiger partial charge >= 0.3 is 5.97 Å². The maximum atomic E-state index is 11.7. The Labute approximate surface area is 126 Å². The van der Waals surface area contributed by atoms with Crippen molar-refractivity contribution < 1.29 is 19.1 Å². The van der Waals surface area contributed by atoms with Crippen molar-refractivity contribution in [2.45, 2.75) is 33.1 Å². The van der Waals surface area contributed by atoms with Crippen LogP contribution in [0.15, 0.2) is 0 Å². The van der Waals surface area contributed by atoms with Crippen LogP contribution in [-0.2, 0) is 19.1 Å². The number of rotatable bonds is 11. The molecule has 0 unspecified atom stereocenters. The average Bonchev–Trinajstić information content (AvgIpc) is 2.44. The number of hydrogen-bond donors (Lipinski definition) is 2. The molecule has 7 heteroatoms. The van der Waals surface area contributed by atoms with Crippen LogP contribution < -0.4 is 10.6 Å². The molecule has 0 rings (SSSR count). The number of nitrogens with one attached hydrogen (secondary N) is 2. The summed E-state index contributed by atoms with van der Waals surface area (Å²) in [5.74, 6) is -0.539. The standard InChI is InChI=1S/C14H27N3O4/c1-4-8-16-12(18)11-17(3)13(19)10-15-9-6-7-14(20)21-5-2/h15H,4-11H2,1-3H3,(H,16,18). The number of hydrogen-bond acceptors (Lipinski definition) is 5. The Kier molecular flexibility index (Phi) is 11.2. The van der Waals surface area contributed by atoms with Crippen molar-refractivity contribution in [1.82, 2.24) is 15.5 Å². The van der Waals surface area contributed by atoms with E-state index in [0.717, 1.165) is 6.42 Å². The molecule has 2 N–H and O–H groups in total. The average molecular weight is 301 g/mol. The van der Waals surface area contributed by atoms with Gasteiger partial charge in [0.2, 0.25) is 11.8 Å². The fourth-order valence-corrected chi connectivity index (χ4v) is 1.55. The molecule has 122 valence electrons. The molecule has 0 heterocycles. The normalized spacial score (nSPS) is 10.0. The summed E-state index contributed by atoms with van der Waals surface area (Å²) < 4.78 is 4.80. The Morgan fingerprint density at radius 1 is 1.14 bits per heavy atom. The predicted molar refractivity (Wildman–Crippen MR) is 79.7 cm³/mol. The maximum absolute atomic E-state index is 11.7. The number of esters is 1. The van der Waals surface area contributed by atoms with Gasteiger partial charge in [0.15, 0.2) is 0 Å². The molecule has 0 bridgehead atoms. The van der Waals surface area contributed by atoms with E-state index in [4.69, 9.17) is 4.74 Å². The first-order valence-electron chi connectivity index (χ1n) is 7.38. The predicted octanol–water partition coefficient (Wildman–Crippen LogP) is -0.0961. The van der Waals surface area contributed by atoms with Crippen LogP contribution in [0.1, 0.15) is 33.1 Å². The molecule has 2 amide bonds. The molecule has 0 aliphatic carbocycles. The number of ether oxygens (including phenoxy) is 1. The van der Waals surface area contributed by atoms with Gasteiger partial charge in [-0.3, -0.25) is 14.4 Å². The lowest BCUT2D eigenvalue weighted by Gasteiger charge is -2.17. The number of likely N-dealkylation sites (N-methyl/N-ethyl adjacent to an activating group) is 1. The molecule has 0 radical (unpaired) electrons. The van der Waals surface area contributed by atoms with Crippen molar-refractivity contribution in [3.63, 3.8) is 0 Å². The summed E-state index contributed by atoms with van der Waals surface area (Å²) in [5.41, 5.74) is 0. The van der Waals surface area contributed by atoms with E-state index in [-0.39, 0.29) is 30.9 Å². The van der Waals surface area contributed by atoms with E-state index >= 15 is 0 Å². The van der Waals surface area contributed by atoms with Gasteiger partial charge < -0.3 is 20.3 Å². The largest absolute Gasteiger partial charge is 0.466 e. The van der Waals surface area contributed by atoms with E-state index in [1.807, 2.05) is 6.92 Å². The molecular weight excluding hydrogens is 274 g/mol. The summed E-state index contributed by atoms with van der Waals surface area (Å²) in [5, 5.41) is 5.66. The van der Waals surface area contributed by atoms with Crippen LogP contribution in [0.5, 0.6) is 0 Å². The summed E-state index contributed by atoms with van der Waals surface area (Å²) in [6, 6.07) is 0. The van der Waals surface area contributed by atoms with Gasteiger partial charge in [-0.15, -0.1) is 0 Å². The smallest absolute Gasteiger partial charge is 0.305 e. The van der Waals surface area contributed by atoms with Crippen molar-refractivity contribution in [3.05, 3.63) is 0 Å². The van der Waals surface area contributed by atoms with Crippen LogP contribution in [0.4, 0.5) is 0 Å². The quantitative estimate of drug-likeness (QED) is 0.411. The minimum absolute atomic E-state index is 0.0589. The molecule has 0 saturated carbocycles. The molecule has 0 aromatic rings. The van der Waals surface area contributed by atoms with Crippen molar-refractivity contribution >= 4 is 17.8 Å². The van der Waals surface area contributed by atoms with E-state index in [2.05, 4.69) is 10.6 Å². The Hall–Kier alpha value is -1.63. The van der Waals surface area contributed by atoms with Gasteiger partial charge in [0, 0.05) is 20.0 Å². The second-order valence-corrected chi connectivity index (χ2v) is 4.69. The molecule has 0 aliphatic heterocycles. The Morgan fingerprint density at radius 2 is 1.86 bits per heavy atom. The minimum atomic E-state index is -0.227. The molecule has 0 aromatic heterocycles. The van der Waals surface area contributed by atoms with E-state index in [0.29, 0.717) is 32.5 Å². The van der Waals surface area contributed by atoms with Crippen LogP contribution >= 0.6 is 0 Å². The second kappa shape index (κ2) is 12.1. The summed E-state index contributed by atoms with van der Waals surface area (Å²) in [4.78, 5) is 35.7. The highest BCUT2D eigenvalue weighted by Gasteiger charge is 2.11. The molecule has 21 heavy (non-hydrogen) atoms. The van der Waals surface area contributed by atoms with Crippen LogP contribution in [-0.4, -0.2) is 62.5 Å². The lowest BCUT2D eigenvalue weighted by molar-refractivity contribution is -0.143. The van der Waals surface area contributed by atoms with Crippen molar-refractivity contribution in [3.8, 4) is 0 Å². The first kappa shape index (κ1) is 19.4. The molecule has 0 saturated heterocycles. The summed E-state index contributed by atoms with van der Waals surface area (Å²) in [6.07, 6.45) is 1.82. The van der Waals surface area contributed by atoms with Crippen LogP contribution in [0, 0.1) is 0 Å². The van der Waals surface area contributed by atoms with Gasteiger partial charge in [-0.2, -0.15) is 0 Å². The highest BCUT2D eigenvalue weighted by molar-refractivity contribution is 5.85. The first-order chi connectivity index (χ1) is 10.0. The number of amides is 2. The first-order valence-corrected chi connectivity index (χ1v) is 7.38. The molecule has 7 nitrogen and oxygen atoms in total. The molecular formula is C14H27N3O4. The fourth-order valence-electron chi connectivity index (χ4n) is 1.55.